The maximum Gasteiger partial charge on any atom is 0.338 e. The molecular weight excluding hydrogens is 753 g/mol. The number of amides is 2. The number of rotatable bonds is 17. The van der Waals surface area contributed by atoms with Crippen LogP contribution in [0.2, 0.25) is 51.4 Å². The van der Waals surface area contributed by atoms with E-state index in [1.807, 2.05) is 68.4 Å². The smallest absolute Gasteiger partial charge is 0.338 e. The van der Waals surface area contributed by atoms with Crippen molar-refractivity contribution in [2.75, 3.05) is 19.8 Å². The molecule has 2 amide bonds. The second kappa shape index (κ2) is 18.1. The first-order valence-electron chi connectivity index (χ1n) is 20.1. The van der Waals surface area contributed by atoms with Crippen molar-refractivity contribution in [2.45, 2.75) is 121 Å². The SMILES string of the molecule is Cc1ccc(C)c(COc2ccc(C(C3(NC(=O)Cc4ccccc4)CCNC3=O)C3(C)NC(C(=O)OCC[Si](C)(C)C)NC3C(=O)OCC[Si](C)(C)C)cc2)c1. The highest BCUT2D eigenvalue weighted by atomic mass is 28.3. The van der Waals surface area contributed by atoms with Gasteiger partial charge >= 0.3 is 11.9 Å². The summed E-state index contributed by atoms with van der Waals surface area (Å²) in [6.45, 7) is 20.3. The van der Waals surface area contributed by atoms with Gasteiger partial charge in [-0.15, -0.1) is 0 Å². The molecule has 2 aliphatic rings. The summed E-state index contributed by atoms with van der Waals surface area (Å²) in [5.41, 5.74) is 1.92. The van der Waals surface area contributed by atoms with Gasteiger partial charge in [-0.1, -0.05) is 106 Å². The highest BCUT2D eigenvalue weighted by molar-refractivity contribution is 6.76. The molecule has 3 aromatic carbocycles. The lowest BCUT2D eigenvalue weighted by Crippen LogP contribution is -2.68. The van der Waals surface area contributed by atoms with Gasteiger partial charge in [0, 0.05) is 28.6 Å². The van der Waals surface area contributed by atoms with Crippen LogP contribution in [0, 0.1) is 13.8 Å². The first-order chi connectivity index (χ1) is 26.8. The van der Waals surface area contributed by atoms with E-state index < -0.39 is 57.3 Å². The maximum absolute atomic E-state index is 14.4. The van der Waals surface area contributed by atoms with Crippen LogP contribution in [0.4, 0.5) is 0 Å². The van der Waals surface area contributed by atoms with Crippen molar-refractivity contribution in [1.29, 1.82) is 0 Å². The number of aryl methyl sites for hydroxylation is 2. The van der Waals surface area contributed by atoms with E-state index in [9.17, 15) is 19.2 Å². The summed E-state index contributed by atoms with van der Waals surface area (Å²) in [6, 6.07) is 23.5. The minimum absolute atomic E-state index is 0.0460. The monoisotopic (exact) mass is 814 g/mol. The number of benzene rings is 3. The topological polar surface area (TPSA) is 144 Å². The van der Waals surface area contributed by atoms with Crippen LogP contribution in [-0.2, 0) is 41.7 Å². The number of nitrogens with one attached hydrogen (secondary N) is 4. The third-order valence-corrected chi connectivity index (χ3v) is 14.4. The number of carbonyl (C=O) groups is 4. The Labute approximate surface area is 340 Å². The molecule has 5 atom stereocenters. The third-order valence-electron chi connectivity index (χ3n) is 11.0. The van der Waals surface area contributed by atoms with E-state index in [1.54, 1.807) is 0 Å². The van der Waals surface area contributed by atoms with E-state index >= 15 is 0 Å². The maximum atomic E-state index is 14.4. The normalized spacial score (nSPS) is 22.7. The molecule has 2 saturated heterocycles. The Hall–Kier alpha value is -4.31. The summed E-state index contributed by atoms with van der Waals surface area (Å²) in [6.07, 6.45) is -0.804. The molecule has 13 heteroatoms. The lowest BCUT2D eigenvalue weighted by atomic mass is 9.64. The zero-order valence-electron chi connectivity index (χ0n) is 35.2. The Morgan fingerprint density at radius 3 is 2.09 bits per heavy atom. The van der Waals surface area contributed by atoms with Crippen LogP contribution in [0.3, 0.4) is 0 Å². The second-order valence-electron chi connectivity index (χ2n) is 18.3. The molecule has 0 spiro atoms. The summed E-state index contributed by atoms with van der Waals surface area (Å²) < 4.78 is 18.0. The van der Waals surface area contributed by atoms with Crippen LogP contribution in [0.25, 0.3) is 0 Å². The molecule has 0 aromatic heterocycles. The Morgan fingerprint density at radius 2 is 1.49 bits per heavy atom. The lowest BCUT2D eigenvalue weighted by molar-refractivity contribution is -0.148. The van der Waals surface area contributed by atoms with Gasteiger partial charge in [0.1, 0.15) is 23.9 Å². The average molecular weight is 815 g/mol. The quantitative estimate of drug-likeness (QED) is 0.0955. The van der Waals surface area contributed by atoms with E-state index in [-0.39, 0.29) is 37.9 Å². The molecular formula is C44H62N4O7Si2. The van der Waals surface area contributed by atoms with Gasteiger partial charge in [-0.05, 0) is 73.7 Å². The van der Waals surface area contributed by atoms with Gasteiger partial charge in [-0.25, -0.2) is 4.79 Å². The number of hydrogen-bond acceptors (Lipinski definition) is 9. The fraction of sp³-hybridized carbons (Fsp3) is 0.500. The van der Waals surface area contributed by atoms with Crippen molar-refractivity contribution in [1.82, 2.24) is 21.3 Å². The molecule has 0 bridgehead atoms. The Kier molecular flexibility index (Phi) is 13.9. The highest BCUT2D eigenvalue weighted by Crippen LogP contribution is 2.46. The van der Waals surface area contributed by atoms with E-state index in [0.717, 1.165) is 34.3 Å². The number of carbonyl (C=O) groups excluding carboxylic acids is 4. The molecule has 5 rings (SSSR count). The first kappa shape index (κ1) is 43.8. The molecule has 0 saturated carbocycles. The summed E-state index contributed by atoms with van der Waals surface area (Å²) in [4.78, 5) is 56.5. The molecule has 2 fully saturated rings. The van der Waals surface area contributed by atoms with Crippen molar-refractivity contribution in [3.05, 3.63) is 101 Å². The van der Waals surface area contributed by atoms with Crippen LogP contribution in [0.1, 0.15) is 47.1 Å². The zero-order chi connectivity index (χ0) is 41.6. The molecule has 0 aliphatic carbocycles. The zero-order valence-corrected chi connectivity index (χ0v) is 37.2. The number of hydrogen-bond donors (Lipinski definition) is 4. The van der Waals surface area contributed by atoms with E-state index in [1.165, 1.54) is 0 Å². The first-order valence-corrected chi connectivity index (χ1v) is 27.5. The second-order valence-corrected chi connectivity index (χ2v) is 29.6. The molecule has 0 radical (unpaired) electrons. The minimum Gasteiger partial charge on any atom is -0.489 e. The summed E-state index contributed by atoms with van der Waals surface area (Å²) in [5.74, 6) is -2.10. The van der Waals surface area contributed by atoms with Crippen molar-refractivity contribution in [3.63, 3.8) is 0 Å². The summed E-state index contributed by atoms with van der Waals surface area (Å²) >= 11 is 0. The molecule has 5 unspecified atom stereocenters. The molecule has 308 valence electrons. The van der Waals surface area contributed by atoms with Crippen LogP contribution in [-0.4, -0.2) is 82.9 Å². The predicted molar refractivity (Wildman–Crippen MR) is 229 cm³/mol. The summed E-state index contributed by atoms with van der Waals surface area (Å²) in [5, 5.41) is 12.8. The highest BCUT2D eigenvalue weighted by Gasteiger charge is 2.64. The summed E-state index contributed by atoms with van der Waals surface area (Å²) in [7, 11) is -3.08. The molecule has 11 nitrogen and oxygen atoms in total. The van der Waals surface area contributed by atoms with Crippen LogP contribution < -0.4 is 26.0 Å². The van der Waals surface area contributed by atoms with E-state index in [2.05, 4.69) is 85.7 Å². The van der Waals surface area contributed by atoms with Crippen molar-refractivity contribution >= 4 is 39.9 Å². The third kappa shape index (κ3) is 11.2. The van der Waals surface area contributed by atoms with Gasteiger partial charge < -0.3 is 24.8 Å². The largest absolute Gasteiger partial charge is 0.489 e. The Balaban J connectivity index is 1.56. The minimum atomic E-state index is -1.57. The van der Waals surface area contributed by atoms with E-state index in [4.69, 9.17) is 14.2 Å². The molecule has 3 aromatic rings. The van der Waals surface area contributed by atoms with Gasteiger partial charge in [0.05, 0.1) is 25.2 Å². The van der Waals surface area contributed by atoms with Gasteiger partial charge in [-0.3, -0.25) is 25.0 Å². The molecule has 4 N–H and O–H groups in total. The van der Waals surface area contributed by atoms with Crippen molar-refractivity contribution in [3.8, 4) is 5.75 Å². The van der Waals surface area contributed by atoms with Crippen LogP contribution in [0.15, 0.2) is 72.8 Å². The standard InChI is InChI=1S/C44H62N4O7Si2/c1-30-15-16-31(2)34(27-30)29-55-35-19-17-33(18-20-35)37(44(21-22-45-42(44)52)47-36(49)28-32-13-11-10-12-14-32)43(3)38(40(50)53-23-25-56(4,5)6)46-39(48-43)41(51)54-24-26-57(7,8)9/h10-20,27,37-39,46,48H,21-26,28-29H2,1-9H3,(H,45,52)(H,47,49). The lowest BCUT2D eigenvalue weighted by Gasteiger charge is -2.47. The van der Waals surface area contributed by atoms with Gasteiger partial charge in [0.25, 0.3) is 0 Å². The number of esters is 2. The average Bonchev–Trinajstić information content (AvgIpc) is 3.67. The van der Waals surface area contributed by atoms with Crippen molar-refractivity contribution < 1.29 is 33.4 Å². The van der Waals surface area contributed by atoms with Crippen molar-refractivity contribution in [2.24, 2.45) is 0 Å². The fourth-order valence-corrected chi connectivity index (χ4v) is 9.18. The Bertz CT molecular complexity index is 1900. The fourth-order valence-electron chi connectivity index (χ4n) is 7.75. The molecule has 57 heavy (non-hydrogen) atoms. The van der Waals surface area contributed by atoms with Gasteiger partial charge in [0.2, 0.25) is 11.8 Å². The van der Waals surface area contributed by atoms with Gasteiger partial charge in [-0.2, -0.15) is 0 Å². The predicted octanol–water partition coefficient (Wildman–Crippen LogP) is 5.99. The molecule has 2 aliphatic heterocycles. The van der Waals surface area contributed by atoms with E-state index in [0.29, 0.717) is 24.5 Å². The van der Waals surface area contributed by atoms with Crippen LogP contribution in [0.5, 0.6) is 5.75 Å². The molecule has 2 heterocycles. The Morgan fingerprint density at radius 1 is 0.860 bits per heavy atom. The van der Waals surface area contributed by atoms with Gasteiger partial charge in [0.15, 0.2) is 6.17 Å². The number of ether oxygens (including phenoxy) is 3. The van der Waals surface area contributed by atoms with Crippen LogP contribution >= 0.6 is 0 Å².